The third-order valence-corrected chi connectivity index (χ3v) is 5.36. The lowest BCUT2D eigenvalue weighted by Crippen LogP contribution is -2.21. The third-order valence-electron chi connectivity index (χ3n) is 3.51. The molecule has 23 heavy (non-hydrogen) atoms. The van der Waals surface area contributed by atoms with Crippen LogP contribution in [0.2, 0.25) is 0 Å². The summed E-state index contributed by atoms with van der Waals surface area (Å²) < 4.78 is 8.13. The topological polar surface area (TPSA) is 60.9 Å². The quantitative estimate of drug-likeness (QED) is 0.415. The lowest BCUT2D eigenvalue weighted by molar-refractivity contribution is 0.555. The SMILES string of the molecule is CCn1c(SCc2nc3ccccc3o2)nc2ccsc2c1=O. The van der Waals surface area contributed by atoms with E-state index in [0.29, 0.717) is 28.0 Å². The van der Waals surface area contributed by atoms with E-state index in [9.17, 15) is 4.79 Å². The van der Waals surface area contributed by atoms with Crippen molar-refractivity contribution in [1.82, 2.24) is 14.5 Å². The average molecular weight is 343 g/mol. The predicted molar refractivity (Wildman–Crippen MR) is 93.1 cm³/mol. The maximum atomic E-state index is 12.5. The molecule has 3 aromatic heterocycles. The number of rotatable bonds is 4. The van der Waals surface area contributed by atoms with Crippen molar-refractivity contribution in [2.75, 3.05) is 0 Å². The van der Waals surface area contributed by atoms with Gasteiger partial charge in [0.25, 0.3) is 5.56 Å². The summed E-state index contributed by atoms with van der Waals surface area (Å²) in [4.78, 5) is 21.5. The monoisotopic (exact) mass is 343 g/mol. The van der Waals surface area contributed by atoms with E-state index in [1.165, 1.54) is 23.1 Å². The first-order valence-corrected chi connectivity index (χ1v) is 9.08. The van der Waals surface area contributed by atoms with Crippen LogP contribution < -0.4 is 5.56 Å². The molecule has 0 spiro atoms. The smallest absolute Gasteiger partial charge is 0.272 e. The van der Waals surface area contributed by atoms with Gasteiger partial charge in [0.1, 0.15) is 10.2 Å². The van der Waals surface area contributed by atoms with Crippen LogP contribution in [-0.4, -0.2) is 14.5 Å². The van der Waals surface area contributed by atoms with Crippen molar-refractivity contribution in [1.29, 1.82) is 0 Å². The highest BCUT2D eigenvalue weighted by Gasteiger charge is 2.13. The van der Waals surface area contributed by atoms with Gasteiger partial charge in [0.05, 0.1) is 11.3 Å². The molecule has 3 heterocycles. The maximum Gasteiger partial charge on any atom is 0.272 e. The lowest BCUT2D eigenvalue weighted by Gasteiger charge is -2.08. The zero-order valence-corrected chi connectivity index (χ0v) is 14.0. The van der Waals surface area contributed by atoms with Gasteiger partial charge in [-0.2, -0.15) is 0 Å². The summed E-state index contributed by atoms with van der Waals surface area (Å²) in [6.45, 7) is 2.54. The van der Waals surface area contributed by atoms with Crippen LogP contribution in [0.4, 0.5) is 0 Å². The summed E-state index contributed by atoms with van der Waals surface area (Å²) >= 11 is 2.91. The van der Waals surface area contributed by atoms with Gasteiger partial charge < -0.3 is 4.42 Å². The third kappa shape index (κ3) is 2.55. The van der Waals surface area contributed by atoms with E-state index >= 15 is 0 Å². The number of fused-ring (bicyclic) bond motifs is 2. The molecule has 0 saturated carbocycles. The molecular weight excluding hydrogens is 330 g/mol. The van der Waals surface area contributed by atoms with Crippen molar-refractivity contribution in [3.63, 3.8) is 0 Å². The molecule has 0 radical (unpaired) electrons. The summed E-state index contributed by atoms with van der Waals surface area (Å²) in [5.41, 5.74) is 2.40. The maximum absolute atomic E-state index is 12.5. The first kappa shape index (κ1) is 14.5. The second-order valence-electron chi connectivity index (χ2n) is 4.94. The molecule has 0 unspecified atom stereocenters. The minimum atomic E-state index is 0.0209. The van der Waals surface area contributed by atoms with Gasteiger partial charge in [0.15, 0.2) is 10.7 Å². The molecule has 1 aromatic carbocycles. The van der Waals surface area contributed by atoms with Crippen molar-refractivity contribution in [3.05, 3.63) is 52.0 Å². The van der Waals surface area contributed by atoms with Crippen molar-refractivity contribution in [2.24, 2.45) is 0 Å². The first-order valence-electron chi connectivity index (χ1n) is 7.21. The number of aromatic nitrogens is 3. The Morgan fingerprint density at radius 2 is 2.09 bits per heavy atom. The van der Waals surface area contributed by atoms with Crippen molar-refractivity contribution in [3.8, 4) is 0 Å². The fourth-order valence-electron chi connectivity index (χ4n) is 2.42. The number of thioether (sulfide) groups is 1. The van der Waals surface area contributed by atoms with Gasteiger partial charge in [0.2, 0.25) is 5.89 Å². The molecule has 0 fully saturated rings. The molecule has 5 nitrogen and oxygen atoms in total. The fraction of sp³-hybridized carbons (Fsp3) is 0.188. The van der Waals surface area contributed by atoms with Gasteiger partial charge in [-0.1, -0.05) is 23.9 Å². The van der Waals surface area contributed by atoms with Crippen LogP contribution in [0.5, 0.6) is 0 Å². The normalized spacial score (nSPS) is 11.5. The molecule has 0 aliphatic carbocycles. The van der Waals surface area contributed by atoms with Gasteiger partial charge >= 0.3 is 0 Å². The highest BCUT2D eigenvalue weighted by atomic mass is 32.2. The Hall–Kier alpha value is -2.12. The van der Waals surface area contributed by atoms with E-state index in [-0.39, 0.29) is 5.56 Å². The second-order valence-corrected chi connectivity index (χ2v) is 6.80. The summed E-state index contributed by atoms with van der Waals surface area (Å²) in [5.74, 6) is 1.18. The highest BCUT2D eigenvalue weighted by Crippen LogP contribution is 2.25. The van der Waals surface area contributed by atoms with Crippen molar-refractivity contribution >= 4 is 44.4 Å². The molecule has 0 aliphatic rings. The number of hydrogen-bond donors (Lipinski definition) is 0. The van der Waals surface area contributed by atoms with Crippen molar-refractivity contribution < 1.29 is 4.42 Å². The minimum absolute atomic E-state index is 0.0209. The molecule has 0 atom stereocenters. The van der Waals surface area contributed by atoms with Gasteiger partial charge in [-0.05, 0) is 30.5 Å². The van der Waals surface area contributed by atoms with Crippen LogP contribution in [0.25, 0.3) is 21.3 Å². The van der Waals surface area contributed by atoms with Crippen LogP contribution >= 0.6 is 23.1 Å². The predicted octanol–water partition coefficient (Wildman–Crippen LogP) is 3.91. The Morgan fingerprint density at radius 3 is 2.91 bits per heavy atom. The standard InChI is InChI=1S/C16H13N3O2S2/c1-2-19-15(20)14-11(7-8-22-14)18-16(19)23-9-13-17-10-5-3-4-6-12(10)21-13/h3-8H,2,9H2,1H3. The van der Waals surface area contributed by atoms with Crippen LogP contribution in [-0.2, 0) is 12.3 Å². The lowest BCUT2D eigenvalue weighted by atomic mass is 10.3. The van der Waals surface area contributed by atoms with E-state index in [1.54, 1.807) is 4.57 Å². The molecule has 0 saturated heterocycles. The number of benzene rings is 1. The Balaban J connectivity index is 1.68. The molecule has 0 aliphatic heterocycles. The molecule has 0 N–H and O–H groups in total. The van der Waals surface area contributed by atoms with E-state index in [0.717, 1.165) is 16.6 Å². The summed E-state index contributed by atoms with van der Waals surface area (Å²) in [5, 5.41) is 2.60. The Labute approximate surface area is 140 Å². The molecule has 0 amide bonds. The molecule has 7 heteroatoms. The molecular formula is C16H13N3O2S2. The van der Waals surface area contributed by atoms with Gasteiger partial charge in [-0.25, -0.2) is 9.97 Å². The van der Waals surface area contributed by atoms with Crippen LogP contribution in [0.1, 0.15) is 12.8 Å². The molecule has 0 bridgehead atoms. The number of oxazole rings is 1. The number of para-hydroxylation sites is 2. The van der Waals surface area contributed by atoms with Crippen molar-refractivity contribution in [2.45, 2.75) is 24.4 Å². The number of hydrogen-bond acceptors (Lipinski definition) is 6. The average Bonchev–Trinajstić information content (AvgIpc) is 3.19. The van der Waals surface area contributed by atoms with E-state index in [2.05, 4.69) is 9.97 Å². The second kappa shape index (κ2) is 5.82. The Bertz CT molecular complexity index is 1020. The molecule has 4 rings (SSSR count). The minimum Gasteiger partial charge on any atom is -0.440 e. The largest absolute Gasteiger partial charge is 0.440 e. The Morgan fingerprint density at radius 1 is 1.22 bits per heavy atom. The fourth-order valence-corrected chi connectivity index (χ4v) is 4.11. The molecule has 116 valence electrons. The zero-order chi connectivity index (χ0) is 15.8. The van der Waals surface area contributed by atoms with Gasteiger partial charge in [-0.3, -0.25) is 9.36 Å². The first-order chi connectivity index (χ1) is 11.3. The van der Waals surface area contributed by atoms with Gasteiger partial charge in [-0.15, -0.1) is 11.3 Å². The zero-order valence-electron chi connectivity index (χ0n) is 12.4. The molecule has 4 aromatic rings. The van der Waals surface area contributed by atoms with Crippen LogP contribution in [0, 0.1) is 0 Å². The summed E-state index contributed by atoms with van der Waals surface area (Å²) in [6.07, 6.45) is 0. The highest BCUT2D eigenvalue weighted by molar-refractivity contribution is 7.98. The number of thiophene rings is 1. The van der Waals surface area contributed by atoms with Gasteiger partial charge in [0, 0.05) is 6.54 Å². The van der Waals surface area contributed by atoms with Crippen LogP contribution in [0.3, 0.4) is 0 Å². The van der Waals surface area contributed by atoms with E-state index in [1.807, 2.05) is 42.6 Å². The number of nitrogens with zero attached hydrogens (tertiary/aromatic N) is 3. The Kier molecular flexibility index (Phi) is 3.66. The van der Waals surface area contributed by atoms with Crippen LogP contribution in [0.15, 0.2) is 50.1 Å². The summed E-state index contributed by atoms with van der Waals surface area (Å²) in [6, 6.07) is 9.55. The van der Waals surface area contributed by atoms with E-state index < -0.39 is 0 Å². The van der Waals surface area contributed by atoms with E-state index in [4.69, 9.17) is 4.42 Å². The summed E-state index contributed by atoms with van der Waals surface area (Å²) in [7, 11) is 0.